The molecule has 0 aromatic heterocycles. The molecule has 0 aromatic carbocycles. The average molecular weight is 246 g/mol. The Morgan fingerprint density at radius 1 is 1.06 bits per heavy atom. The zero-order chi connectivity index (χ0) is 13.5. The molecule has 0 aliphatic carbocycles. The molecule has 0 unspecified atom stereocenters. The number of unbranched alkanes of at least 4 members (excludes halogenated alkanes) is 3. The van der Waals surface area contributed by atoms with Gasteiger partial charge in [-0.15, -0.1) is 0 Å². The first-order chi connectivity index (χ1) is 8.77. The standard InChI is InChI=1S/C16H22O2/c1-2-3-4-5-6-7-8-9-10-11-12-13-14-15-16(17)18/h3-4,7-10H,2,11-15H2,1H3,(H,17,18). The van der Waals surface area contributed by atoms with Gasteiger partial charge in [-0.1, -0.05) is 49.5 Å². The Balaban J connectivity index is 3.47. The van der Waals surface area contributed by atoms with Gasteiger partial charge in [0.05, 0.1) is 0 Å². The van der Waals surface area contributed by atoms with Gasteiger partial charge in [0.1, 0.15) is 0 Å². The van der Waals surface area contributed by atoms with Crippen molar-refractivity contribution in [3.05, 3.63) is 36.5 Å². The largest absolute Gasteiger partial charge is 0.481 e. The molecule has 2 heteroatoms. The number of rotatable bonds is 8. The molecule has 0 fully saturated rings. The molecule has 0 rings (SSSR count). The maximum absolute atomic E-state index is 10.3. The van der Waals surface area contributed by atoms with E-state index in [0.29, 0.717) is 0 Å². The maximum Gasteiger partial charge on any atom is 0.303 e. The Kier molecular flexibility index (Phi) is 12.0. The van der Waals surface area contributed by atoms with Crippen LogP contribution in [-0.4, -0.2) is 11.1 Å². The molecule has 2 nitrogen and oxygen atoms in total. The summed E-state index contributed by atoms with van der Waals surface area (Å²) in [5.74, 6) is 5.11. The van der Waals surface area contributed by atoms with E-state index in [1.54, 1.807) is 0 Å². The van der Waals surface area contributed by atoms with Gasteiger partial charge in [0.2, 0.25) is 0 Å². The number of allylic oxidation sites excluding steroid dienone is 6. The molecule has 18 heavy (non-hydrogen) atoms. The van der Waals surface area contributed by atoms with Crippen molar-refractivity contribution in [3.63, 3.8) is 0 Å². The number of hydrogen-bond acceptors (Lipinski definition) is 1. The SMILES string of the molecule is CCC=CC#CC=CC=CCCCCCC(=O)O. The summed E-state index contributed by atoms with van der Waals surface area (Å²) in [7, 11) is 0. The van der Waals surface area contributed by atoms with Crippen LogP contribution in [0.5, 0.6) is 0 Å². The van der Waals surface area contributed by atoms with Gasteiger partial charge in [0, 0.05) is 6.42 Å². The number of hydrogen-bond donors (Lipinski definition) is 1. The van der Waals surface area contributed by atoms with Crippen molar-refractivity contribution in [2.75, 3.05) is 0 Å². The van der Waals surface area contributed by atoms with E-state index in [9.17, 15) is 4.79 Å². The van der Waals surface area contributed by atoms with E-state index < -0.39 is 5.97 Å². The van der Waals surface area contributed by atoms with Crippen molar-refractivity contribution in [2.45, 2.75) is 45.4 Å². The number of aliphatic carboxylic acids is 1. The Hall–Kier alpha value is -1.75. The van der Waals surface area contributed by atoms with Crippen molar-refractivity contribution >= 4 is 5.97 Å². The van der Waals surface area contributed by atoms with Gasteiger partial charge in [0.15, 0.2) is 0 Å². The Labute approximate surface area is 110 Å². The molecular weight excluding hydrogens is 224 g/mol. The molecule has 0 saturated heterocycles. The predicted octanol–water partition coefficient (Wildman–Crippen LogP) is 4.10. The molecular formula is C16H22O2. The van der Waals surface area contributed by atoms with Crippen molar-refractivity contribution in [2.24, 2.45) is 0 Å². The molecule has 0 heterocycles. The first-order valence-corrected chi connectivity index (χ1v) is 6.47. The van der Waals surface area contributed by atoms with E-state index in [4.69, 9.17) is 5.11 Å². The van der Waals surface area contributed by atoms with E-state index in [1.807, 2.05) is 30.4 Å². The number of carboxylic acids is 1. The Morgan fingerprint density at radius 2 is 1.83 bits per heavy atom. The fraction of sp³-hybridized carbons (Fsp3) is 0.438. The van der Waals surface area contributed by atoms with Gasteiger partial charge in [-0.3, -0.25) is 4.79 Å². The van der Waals surface area contributed by atoms with Crippen LogP contribution in [-0.2, 0) is 4.79 Å². The van der Waals surface area contributed by atoms with Crippen molar-refractivity contribution in [1.82, 2.24) is 0 Å². The monoisotopic (exact) mass is 246 g/mol. The lowest BCUT2D eigenvalue weighted by Crippen LogP contribution is -1.93. The molecule has 98 valence electrons. The van der Waals surface area contributed by atoms with Gasteiger partial charge in [0.25, 0.3) is 0 Å². The minimum absolute atomic E-state index is 0.282. The smallest absolute Gasteiger partial charge is 0.303 e. The quantitative estimate of drug-likeness (QED) is 0.397. The topological polar surface area (TPSA) is 37.3 Å². The highest BCUT2D eigenvalue weighted by Crippen LogP contribution is 2.03. The zero-order valence-corrected chi connectivity index (χ0v) is 11.1. The summed E-state index contributed by atoms with van der Waals surface area (Å²) in [5, 5.41) is 8.45. The summed E-state index contributed by atoms with van der Waals surface area (Å²) < 4.78 is 0. The van der Waals surface area contributed by atoms with Crippen molar-refractivity contribution in [1.29, 1.82) is 0 Å². The summed E-state index contributed by atoms with van der Waals surface area (Å²) in [4.78, 5) is 10.3. The molecule has 1 N–H and O–H groups in total. The van der Waals surface area contributed by atoms with Gasteiger partial charge in [-0.2, -0.15) is 0 Å². The molecule has 0 bridgehead atoms. The van der Waals surface area contributed by atoms with Crippen LogP contribution in [0.25, 0.3) is 0 Å². The van der Waals surface area contributed by atoms with E-state index in [1.165, 1.54) is 0 Å². The van der Waals surface area contributed by atoms with E-state index in [-0.39, 0.29) is 6.42 Å². The molecule has 0 aliphatic heterocycles. The van der Waals surface area contributed by atoms with Gasteiger partial charge >= 0.3 is 5.97 Å². The molecule has 0 amide bonds. The maximum atomic E-state index is 10.3. The van der Waals surface area contributed by atoms with Crippen LogP contribution in [0.4, 0.5) is 0 Å². The average Bonchev–Trinajstić information content (AvgIpc) is 2.34. The highest BCUT2D eigenvalue weighted by Gasteiger charge is 1.94. The molecule has 0 aliphatic rings. The highest BCUT2D eigenvalue weighted by atomic mass is 16.4. The van der Waals surface area contributed by atoms with Crippen LogP contribution in [0.3, 0.4) is 0 Å². The lowest BCUT2D eigenvalue weighted by molar-refractivity contribution is -0.137. The summed E-state index contributed by atoms with van der Waals surface area (Å²) in [6.07, 6.45) is 16.8. The van der Waals surface area contributed by atoms with Crippen LogP contribution in [0, 0.1) is 11.8 Å². The Morgan fingerprint density at radius 3 is 2.56 bits per heavy atom. The lowest BCUT2D eigenvalue weighted by atomic mass is 10.1. The van der Waals surface area contributed by atoms with Gasteiger partial charge in [-0.25, -0.2) is 0 Å². The first-order valence-electron chi connectivity index (χ1n) is 6.47. The fourth-order valence-corrected chi connectivity index (χ4v) is 1.27. The van der Waals surface area contributed by atoms with Gasteiger partial charge in [-0.05, 0) is 37.8 Å². The lowest BCUT2D eigenvalue weighted by Gasteiger charge is -1.94. The first kappa shape index (κ1) is 16.2. The third kappa shape index (κ3) is 14.2. The fourth-order valence-electron chi connectivity index (χ4n) is 1.27. The molecule has 0 radical (unpaired) electrons. The molecule has 0 atom stereocenters. The Bertz CT molecular complexity index is 351. The van der Waals surface area contributed by atoms with Gasteiger partial charge < -0.3 is 5.11 Å². The second-order valence-corrected chi connectivity index (χ2v) is 3.88. The van der Waals surface area contributed by atoms with Crippen molar-refractivity contribution < 1.29 is 9.90 Å². The van der Waals surface area contributed by atoms with Crippen LogP contribution in [0.15, 0.2) is 36.5 Å². The summed E-state index contributed by atoms with van der Waals surface area (Å²) in [5.41, 5.74) is 0. The third-order valence-electron chi connectivity index (χ3n) is 2.21. The van der Waals surface area contributed by atoms with Crippen LogP contribution in [0.2, 0.25) is 0 Å². The van der Waals surface area contributed by atoms with Crippen molar-refractivity contribution in [3.8, 4) is 11.8 Å². The van der Waals surface area contributed by atoms with E-state index >= 15 is 0 Å². The summed E-state index contributed by atoms with van der Waals surface area (Å²) in [6.45, 7) is 2.08. The molecule has 0 spiro atoms. The minimum atomic E-state index is -0.704. The normalized spacial score (nSPS) is 11.2. The zero-order valence-electron chi connectivity index (χ0n) is 11.1. The van der Waals surface area contributed by atoms with Crippen LogP contribution in [0.1, 0.15) is 45.4 Å². The second kappa shape index (κ2) is 13.3. The number of carbonyl (C=O) groups is 1. The molecule has 0 aromatic rings. The summed E-state index contributed by atoms with van der Waals surface area (Å²) >= 11 is 0. The van der Waals surface area contributed by atoms with Crippen LogP contribution < -0.4 is 0 Å². The number of carboxylic acid groups (broad SMARTS) is 1. The summed E-state index contributed by atoms with van der Waals surface area (Å²) in [6, 6.07) is 0. The third-order valence-corrected chi connectivity index (χ3v) is 2.21. The van der Waals surface area contributed by atoms with Crippen LogP contribution >= 0.6 is 0 Å². The van der Waals surface area contributed by atoms with E-state index in [2.05, 4.69) is 24.8 Å². The highest BCUT2D eigenvalue weighted by molar-refractivity contribution is 5.66. The second-order valence-electron chi connectivity index (χ2n) is 3.88. The predicted molar refractivity (Wildman–Crippen MR) is 76.2 cm³/mol. The van der Waals surface area contributed by atoms with E-state index in [0.717, 1.165) is 32.1 Å². The molecule has 0 saturated carbocycles. The minimum Gasteiger partial charge on any atom is -0.481 e.